The number of nitrogens with zero attached hydrogens (tertiary/aromatic N) is 5. The Hall–Kier alpha value is -4.66. The minimum Gasteiger partial charge on any atom is -0.496 e. The zero-order chi connectivity index (χ0) is 22.8. The molecule has 1 amide bonds. The molecule has 0 aliphatic carbocycles. The molecular formula is C24H20N6O3. The van der Waals surface area contributed by atoms with Gasteiger partial charge < -0.3 is 14.8 Å². The number of imidazole rings is 1. The molecule has 9 nitrogen and oxygen atoms in total. The van der Waals surface area contributed by atoms with E-state index in [9.17, 15) is 4.79 Å². The van der Waals surface area contributed by atoms with E-state index in [4.69, 9.17) is 9.47 Å². The zero-order valence-electron chi connectivity index (χ0n) is 18.0. The van der Waals surface area contributed by atoms with Crippen molar-refractivity contribution in [1.82, 2.24) is 24.4 Å². The second-order valence-corrected chi connectivity index (χ2v) is 7.22. The molecule has 0 saturated heterocycles. The Balaban J connectivity index is 1.36. The van der Waals surface area contributed by atoms with E-state index >= 15 is 0 Å². The third kappa shape index (κ3) is 4.11. The maximum Gasteiger partial charge on any atom is 0.260 e. The van der Waals surface area contributed by atoms with E-state index in [2.05, 4.69) is 20.5 Å². The average Bonchev–Trinajstić information content (AvgIpc) is 3.44. The number of para-hydroxylation sites is 1. The normalized spacial score (nSPS) is 10.8. The fourth-order valence-corrected chi connectivity index (χ4v) is 3.49. The molecule has 164 valence electrons. The minimum absolute atomic E-state index is 0.320. The summed E-state index contributed by atoms with van der Waals surface area (Å²) in [5.74, 6) is 1.57. The Bertz CT molecular complexity index is 1460. The molecule has 9 heteroatoms. The van der Waals surface area contributed by atoms with Gasteiger partial charge in [0.25, 0.3) is 5.91 Å². The molecule has 0 bridgehead atoms. The number of nitrogens with one attached hydrogen (secondary N) is 1. The van der Waals surface area contributed by atoms with Crippen LogP contribution in [0.2, 0.25) is 0 Å². The molecular weight excluding hydrogens is 420 g/mol. The van der Waals surface area contributed by atoms with E-state index in [0.29, 0.717) is 34.4 Å². The highest BCUT2D eigenvalue weighted by Crippen LogP contribution is 2.26. The van der Waals surface area contributed by atoms with Crippen LogP contribution in [0, 0.1) is 0 Å². The number of hydrogen-bond donors (Lipinski definition) is 1. The number of aryl methyl sites for hydroxylation is 1. The average molecular weight is 440 g/mol. The van der Waals surface area contributed by atoms with Crippen molar-refractivity contribution in [2.45, 2.75) is 0 Å². The molecule has 1 N–H and O–H groups in total. The van der Waals surface area contributed by atoms with Crippen LogP contribution in [0.4, 0.5) is 5.82 Å². The minimum atomic E-state index is -0.320. The Morgan fingerprint density at radius 1 is 1.03 bits per heavy atom. The molecule has 0 spiro atoms. The maximum atomic E-state index is 12.6. The van der Waals surface area contributed by atoms with E-state index in [0.717, 1.165) is 11.3 Å². The summed E-state index contributed by atoms with van der Waals surface area (Å²) < 4.78 is 14.6. The number of fused-ring (bicyclic) bond motifs is 1. The molecule has 0 fully saturated rings. The van der Waals surface area contributed by atoms with Gasteiger partial charge in [-0.2, -0.15) is 5.10 Å². The Morgan fingerprint density at radius 3 is 2.73 bits per heavy atom. The summed E-state index contributed by atoms with van der Waals surface area (Å²) in [4.78, 5) is 17.0. The van der Waals surface area contributed by atoms with Crippen LogP contribution in [0.25, 0.3) is 16.9 Å². The molecule has 3 aromatic heterocycles. The van der Waals surface area contributed by atoms with Crippen LogP contribution in [0.5, 0.6) is 17.4 Å². The highest BCUT2D eigenvalue weighted by Gasteiger charge is 2.14. The lowest BCUT2D eigenvalue weighted by Crippen LogP contribution is -2.13. The summed E-state index contributed by atoms with van der Waals surface area (Å²) in [5.41, 5.74) is 2.95. The van der Waals surface area contributed by atoms with E-state index in [1.807, 2.05) is 37.4 Å². The largest absolute Gasteiger partial charge is 0.496 e. The van der Waals surface area contributed by atoms with Gasteiger partial charge in [-0.1, -0.05) is 24.3 Å². The molecule has 3 heterocycles. The van der Waals surface area contributed by atoms with Crippen LogP contribution in [-0.2, 0) is 7.05 Å². The number of carbonyl (C=O) groups excluding carboxylic acids is 1. The number of carbonyl (C=O) groups is 1. The number of hydrogen-bond acceptors (Lipinski definition) is 6. The Labute approximate surface area is 189 Å². The monoisotopic (exact) mass is 440 g/mol. The predicted molar refractivity (Wildman–Crippen MR) is 123 cm³/mol. The van der Waals surface area contributed by atoms with Crippen molar-refractivity contribution in [3.8, 4) is 28.6 Å². The van der Waals surface area contributed by atoms with Gasteiger partial charge in [0.05, 0.1) is 24.6 Å². The molecule has 2 aromatic carbocycles. The van der Waals surface area contributed by atoms with Crippen molar-refractivity contribution in [1.29, 1.82) is 0 Å². The molecule has 0 unspecified atom stereocenters. The van der Waals surface area contributed by atoms with E-state index in [-0.39, 0.29) is 5.91 Å². The molecule has 5 aromatic rings. The van der Waals surface area contributed by atoms with Gasteiger partial charge in [0.15, 0.2) is 11.5 Å². The summed E-state index contributed by atoms with van der Waals surface area (Å²) in [7, 11) is 3.41. The number of benzene rings is 2. The number of anilines is 1. The number of methoxy groups -OCH3 is 1. The molecule has 0 saturated carbocycles. The van der Waals surface area contributed by atoms with Crippen molar-refractivity contribution in [3.63, 3.8) is 0 Å². The fraction of sp³-hybridized carbons (Fsp3) is 0.0833. The second-order valence-electron chi connectivity index (χ2n) is 7.22. The van der Waals surface area contributed by atoms with E-state index in [1.54, 1.807) is 58.0 Å². The Morgan fingerprint density at radius 2 is 1.91 bits per heavy atom. The first-order chi connectivity index (χ1) is 16.1. The third-order valence-electron chi connectivity index (χ3n) is 5.06. The fourth-order valence-electron chi connectivity index (χ4n) is 3.49. The van der Waals surface area contributed by atoms with Gasteiger partial charge >= 0.3 is 0 Å². The van der Waals surface area contributed by atoms with Crippen LogP contribution in [0.15, 0.2) is 79.1 Å². The predicted octanol–water partition coefficient (Wildman–Crippen LogP) is 4.18. The number of ether oxygens (including phenoxy) is 2. The highest BCUT2D eigenvalue weighted by atomic mass is 16.5. The molecule has 0 atom stereocenters. The van der Waals surface area contributed by atoms with Crippen molar-refractivity contribution in [2.24, 2.45) is 7.05 Å². The third-order valence-corrected chi connectivity index (χ3v) is 5.06. The second kappa shape index (κ2) is 8.46. The smallest absolute Gasteiger partial charge is 0.260 e. The van der Waals surface area contributed by atoms with Gasteiger partial charge in [0.2, 0.25) is 5.88 Å². The molecule has 0 aliphatic rings. The van der Waals surface area contributed by atoms with Crippen LogP contribution in [-0.4, -0.2) is 37.4 Å². The van der Waals surface area contributed by atoms with Crippen LogP contribution < -0.4 is 14.8 Å². The summed E-state index contributed by atoms with van der Waals surface area (Å²) in [6.07, 6.45) is 3.38. The summed E-state index contributed by atoms with van der Waals surface area (Å²) in [6, 6.07) is 20.1. The summed E-state index contributed by atoms with van der Waals surface area (Å²) in [6.45, 7) is 0. The SMILES string of the molecule is COc1ccccc1C(=O)Nc1cn2nc(Oc3cccc(-c4ccnn4C)c3)ccc2n1. The van der Waals surface area contributed by atoms with Crippen LogP contribution >= 0.6 is 0 Å². The van der Waals surface area contributed by atoms with Gasteiger partial charge in [-0.15, -0.1) is 5.10 Å². The van der Waals surface area contributed by atoms with Crippen molar-refractivity contribution in [2.75, 3.05) is 12.4 Å². The van der Waals surface area contributed by atoms with Crippen LogP contribution in [0.3, 0.4) is 0 Å². The summed E-state index contributed by atoms with van der Waals surface area (Å²) in [5, 5.41) is 11.4. The van der Waals surface area contributed by atoms with Gasteiger partial charge in [0, 0.05) is 24.9 Å². The maximum absolute atomic E-state index is 12.6. The number of aromatic nitrogens is 5. The van der Waals surface area contributed by atoms with E-state index in [1.165, 1.54) is 7.11 Å². The standard InChI is InChI=1S/C24H20N6O3/c1-29-19(12-13-25-29)16-6-5-7-17(14-16)33-23-11-10-22-26-21(15-30(22)28-23)27-24(31)18-8-3-4-9-20(18)32-2/h3-15H,1-2H3,(H,27,31). The first kappa shape index (κ1) is 20.3. The Kier molecular flexibility index (Phi) is 5.19. The van der Waals surface area contributed by atoms with Crippen molar-refractivity contribution in [3.05, 3.63) is 84.7 Å². The highest BCUT2D eigenvalue weighted by molar-refractivity contribution is 6.05. The van der Waals surface area contributed by atoms with Gasteiger partial charge in [-0.3, -0.25) is 9.48 Å². The molecule has 5 rings (SSSR count). The number of rotatable bonds is 6. The zero-order valence-corrected chi connectivity index (χ0v) is 18.0. The quantitative estimate of drug-likeness (QED) is 0.426. The first-order valence-electron chi connectivity index (χ1n) is 10.2. The topological polar surface area (TPSA) is 95.6 Å². The van der Waals surface area contributed by atoms with Gasteiger partial charge in [-0.05, 0) is 36.4 Å². The molecule has 0 radical (unpaired) electrons. The van der Waals surface area contributed by atoms with Gasteiger partial charge in [-0.25, -0.2) is 9.50 Å². The van der Waals surface area contributed by atoms with Crippen molar-refractivity contribution >= 4 is 17.4 Å². The van der Waals surface area contributed by atoms with E-state index < -0.39 is 0 Å². The lowest BCUT2D eigenvalue weighted by atomic mass is 10.1. The lowest BCUT2D eigenvalue weighted by Gasteiger charge is -2.07. The lowest BCUT2D eigenvalue weighted by molar-refractivity contribution is 0.102. The van der Waals surface area contributed by atoms with Crippen LogP contribution in [0.1, 0.15) is 10.4 Å². The molecule has 0 aliphatic heterocycles. The van der Waals surface area contributed by atoms with Crippen molar-refractivity contribution < 1.29 is 14.3 Å². The number of amides is 1. The molecule has 33 heavy (non-hydrogen) atoms. The first-order valence-corrected chi connectivity index (χ1v) is 10.2. The van der Waals surface area contributed by atoms with Gasteiger partial charge in [0.1, 0.15) is 11.5 Å². The summed E-state index contributed by atoms with van der Waals surface area (Å²) >= 11 is 0.